The summed E-state index contributed by atoms with van der Waals surface area (Å²) in [5.41, 5.74) is 9.18. The highest BCUT2D eigenvalue weighted by Gasteiger charge is 2.29. The molecule has 0 aliphatic heterocycles. The van der Waals surface area contributed by atoms with E-state index >= 15 is 4.39 Å². The minimum atomic E-state index is -0.625. The minimum absolute atomic E-state index is 0.00172. The van der Waals surface area contributed by atoms with E-state index in [2.05, 4.69) is 33.7 Å². The highest BCUT2D eigenvalue weighted by atomic mass is 35.5. The van der Waals surface area contributed by atoms with E-state index in [0.29, 0.717) is 60.0 Å². The van der Waals surface area contributed by atoms with Crippen LogP contribution in [0.15, 0.2) is 54.2 Å². The fourth-order valence-corrected chi connectivity index (χ4v) is 5.04. The van der Waals surface area contributed by atoms with Gasteiger partial charge in [-0.15, -0.1) is 6.58 Å². The molecule has 1 aromatic carbocycles. The highest BCUT2D eigenvalue weighted by molar-refractivity contribution is 6.33. The minimum Gasteiger partial charge on any atom is -0.399 e. The van der Waals surface area contributed by atoms with Crippen LogP contribution in [-0.4, -0.2) is 60.3 Å². The number of nitrogens with two attached hydrogens (primary N) is 1. The summed E-state index contributed by atoms with van der Waals surface area (Å²) in [7, 11) is 3.52. The van der Waals surface area contributed by atoms with Crippen LogP contribution >= 0.6 is 11.6 Å². The summed E-state index contributed by atoms with van der Waals surface area (Å²) in [4.78, 5) is 30.4. The number of anilines is 3. The van der Waals surface area contributed by atoms with E-state index in [1.807, 2.05) is 40.0 Å². The Balaban J connectivity index is 2.42. The van der Waals surface area contributed by atoms with Crippen LogP contribution in [0.5, 0.6) is 0 Å². The topological polar surface area (TPSA) is 99.7 Å². The lowest BCUT2D eigenvalue weighted by atomic mass is 10.0. The molecular formula is C31H39ClFN7O. The first kappa shape index (κ1) is 31.7. The van der Waals surface area contributed by atoms with Crippen LogP contribution in [-0.2, 0) is 4.79 Å². The fourth-order valence-electron chi connectivity index (χ4n) is 4.83. The number of aliphatic imine (C=N–C) groups is 1. The van der Waals surface area contributed by atoms with Gasteiger partial charge in [0.1, 0.15) is 17.3 Å². The van der Waals surface area contributed by atoms with Crippen molar-refractivity contribution in [2.75, 3.05) is 37.8 Å². The zero-order chi connectivity index (χ0) is 30.3. The molecule has 8 nitrogen and oxygen atoms in total. The van der Waals surface area contributed by atoms with E-state index in [-0.39, 0.29) is 28.5 Å². The van der Waals surface area contributed by atoms with Crippen LogP contribution in [0.3, 0.4) is 0 Å². The first-order chi connectivity index (χ1) is 19.6. The molecule has 0 radical (unpaired) electrons. The molecule has 1 unspecified atom stereocenters. The number of amidine groups is 1. The number of rotatable bonds is 12. The van der Waals surface area contributed by atoms with Gasteiger partial charge in [-0.1, -0.05) is 31.5 Å². The third-order valence-electron chi connectivity index (χ3n) is 6.81. The van der Waals surface area contributed by atoms with E-state index < -0.39 is 5.82 Å². The van der Waals surface area contributed by atoms with E-state index in [1.165, 1.54) is 11.0 Å². The second-order valence-corrected chi connectivity index (χ2v) is 10.6. The summed E-state index contributed by atoms with van der Waals surface area (Å²) in [5.74, 6) is 0.0628. The number of carbonyl (C=O) groups is 1. The molecule has 0 saturated carbocycles. The van der Waals surface area contributed by atoms with Gasteiger partial charge in [0, 0.05) is 43.6 Å². The Morgan fingerprint density at radius 3 is 2.61 bits per heavy atom. The summed E-state index contributed by atoms with van der Waals surface area (Å²) in [6, 6.07) is 7.97. The molecule has 0 saturated heterocycles. The third kappa shape index (κ3) is 6.92. The van der Waals surface area contributed by atoms with E-state index in [4.69, 9.17) is 22.3 Å². The Hall–Kier alpha value is -3.82. The molecule has 0 aliphatic rings. The molecule has 1 atom stereocenters. The van der Waals surface area contributed by atoms with Crippen LogP contribution in [0, 0.1) is 12.7 Å². The number of nitrogens with zero attached hydrogens (tertiary/aromatic N) is 5. The number of amides is 1. The first-order valence-electron chi connectivity index (χ1n) is 13.5. The molecule has 0 aliphatic carbocycles. The molecule has 3 rings (SSSR count). The van der Waals surface area contributed by atoms with Crippen molar-refractivity contribution < 1.29 is 9.18 Å². The smallest absolute Gasteiger partial charge is 0.219 e. The van der Waals surface area contributed by atoms with Gasteiger partial charge in [-0.2, -0.15) is 0 Å². The van der Waals surface area contributed by atoms with Gasteiger partial charge in [0.2, 0.25) is 6.41 Å². The number of likely N-dealkylation sites (N-methyl/N-ethyl adjacent to an activating group) is 1. The lowest BCUT2D eigenvalue weighted by molar-refractivity contribution is -0.106. The summed E-state index contributed by atoms with van der Waals surface area (Å²) in [6.07, 6.45) is 4.89. The van der Waals surface area contributed by atoms with Crippen LogP contribution in [0.25, 0.3) is 11.3 Å². The standard InChI is InChI=1S/C31H39ClFN7O/c1-8-9-14-39(21(5)17-35-6)30(36-7)24-16-26(33)28(23-15-22(34)10-11-25(23)32)38-31(24)40(18-41)29-20(4)12-13-37-27(29)19(2)3/h8,10-13,15-16,18-19,21,35H,1,9,14,17,34H2,2-7H3/b36-30+. The van der Waals surface area contributed by atoms with Crippen molar-refractivity contribution in [1.29, 1.82) is 0 Å². The van der Waals surface area contributed by atoms with Gasteiger partial charge >= 0.3 is 0 Å². The first-order valence-corrected chi connectivity index (χ1v) is 13.9. The van der Waals surface area contributed by atoms with Crippen molar-refractivity contribution in [3.63, 3.8) is 0 Å². The number of nitrogen functional groups attached to an aromatic ring is 1. The summed E-state index contributed by atoms with van der Waals surface area (Å²) < 4.78 is 16.1. The maximum atomic E-state index is 16.1. The van der Waals surface area contributed by atoms with Crippen LogP contribution < -0.4 is 16.0 Å². The molecule has 2 aromatic heterocycles. The number of halogens is 2. The van der Waals surface area contributed by atoms with Crippen LogP contribution in [0.1, 0.15) is 49.9 Å². The van der Waals surface area contributed by atoms with Gasteiger partial charge in [0.25, 0.3) is 0 Å². The van der Waals surface area contributed by atoms with Crippen molar-refractivity contribution in [2.24, 2.45) is 4.99 Å². The van der Waals surface area contributed by atoms with Crippen molar-refractivity contribution in [2.45, 2.75) is 46.1 Å². The third-order valence-corrected chi connectivity index (χ3v) is 7.14. The molecule has 10 heteroatoms. The zero-order valence-electron chi connectivity index (χ0n) is 24.6. The molecule has 1 amide bonds. The Kier molecular flexibility index (Phi) is 11.0. The molecule has 3 aromatic rings. The maximum Gasteiger partial charge on any atom is 0.219 e. The summed E-state index contributed by atoms with van der Waals surface area (Å²) in [5, 5.41) is 3.48. The molecule has 0 bridgehead atoms. The zero-order valence-corrected chi connectivity index (χ0v) is 25.3. The molecule has 3 N–H and O–H groups in total. The number of hydrogen-bond donors (Lipinski definition) is 2. The number of benzene rings is 1. The predicted octanol–water partition coefficient (Wildman–Crippen LogP) is 6.11. The van der Waals surface area contributed by atoms with Crippen molar-refractivity contribution >= 4 is 41.0 Å². The summed E-state index contributed by atoms with van der Waals surface area (Å²) in [6.45, 7) is 13.0. The van der Waals surface area contributed by atoms with Crippen LogP contribution in [0.4, 0.5) is 21.6 Å². The predicted molar refractivity (Wildman–Crippen MR) is 168 cm³/mol. The normalized spacial score (nSPS) is 12.4. The average Bonchev–Trinajstić information content (AvgIpc) is 2.94. The van der Waals surface area contributed by atoms with E-state index in [1.54, 1.807) is 31.4 Å². The number of aromatic nitrogens is 2. The van der Waals surface area contributed by atoms with E-state index in [9.17, 15) is 4.79 Å². The Morgan fingerprint density at radius 2 is 2.00 bits per heavy atom. The Bertz CT molecular complexity index is 1430. The molecule has 2 heterocycles. The monoisotopic (exact) mass is 579 g/mol. The SMILES string of the molecule is C=CCCN(/C(=N/C)c1cc(F)c(-c2cc(N)ccc2Cl)nc1N(C=O)c1c(C)ccnc1C(C)C)C(C)CNC. The molecular weight excluding hydrogens is 541 g/mol. The van der Waals surface area contributed by atoms with E-state index in [0.717, 1.165) is 5.56 Å². The lowest BCUT2D eigenvalue weighted by Gasteiger charge is -2.34. The Morgan fingerprint density at radius 1 is 1.27 bits per heavy atom. The maximum absolute atomic E-state index is 16.1. The van der Waals surface area contributed by atoms with Gasteiger partial charge in [-0.3, -0.25) is 19.7 Å². The molecule has 0 fully saturated rings. The van der Waals surface area contributed by atoms with Gasteiger partial charge in [0.15, 0.2) is 5.82 Å². The van der Waals surface area contributed by atoms with Crippen LogP contribution in [0.2, 0.25) is 5.02 Å². The number of hydrogen-bond acceptors (Lipinski definition) is 6. The largest absolute Gasteiger partial charge is 0.399 e. The Labute approximate surface area is 247 Å². The highest BCUT2D eigenvalue weighted by Crippen LogP contribution is 2.38. The molecule has 41 heavy (non-hydrogen) atoms. The van der Waals surface area contributed by atoms with Crippen molar-refractivity contribution in [3.8, 4) is 11.3 Å². The van der Waals surface area contributed by atoms with Gasteiger partial charge in [-0.05, 0) is 69.1 Å². The second-order valence-electron chi connectivity index (χ2n) is 10.1. The van der Waals surface area contributed by atoms with Gasteiger partial charge in [0.05, 0.1) is 22.0 Å². The number of pyridine rings is 2. The lowest BCUT2D eigenvalue weighted by Crippen LogP contribution is -2.45. The molecule has 218 valence electrons. The fraction of sp³-hybridized carbons (Fsp3) is 0.355. The quantitative estimate of drug-likeness (QED) is 0.0883. The van der Waals surface area contributed by atoms with Crippen molar-refractivity contribution in [3.05, 3.63) is 76.8 Å². The second kappa shape index (κ2) is 14.2. The number of carbonyl (C=O) groups excluding carboxylic acids is 1. The molecule has 0 spiro atoms. The van der Waals surface area contributed by atoms with Gasteiger partial charge in [-0.25, -0.2) is 9.37 Å². The average molecular weight is 580 g/mol. The number of aryl methyl sites for hydroxylation is 1. The summed E-state index contributed by atoms with van der Waals surface area (Å²) >= 11 is 6.49. The van der Waals surface area contributed by atoms with Gasteiger partial charge < -0.3 is 16.0 Å². The van der Waals surface area contributed by atoms with Crippen molar-refractivity contribution in [1.82, 2.24) is 20.2 Å². The number of nitrogens with one attached hydrogen (secondary N) is 1.